The third-order valence-electron chi connectivity index (χ3n) is 13.3. The van der Waals surface area contributed by atoms with Crippen molar-refractivity contribution in [3.8, 4) is 22.1 Å². The number of aromatic nitrogens is 2. The first kappa shape index (κ1) is 43.5. The Balaban J connectivity index is 1.18. The second kappa shape index (κ2) is 15.2. The molecule has 2 aliphatic heterocycles. The molecule has 64 heavy (non-hydrogen) atoms. The lowest BCUT2D eigenvalue weighted by molar-refractivity contribution is -0.392. The summed E-state index contributed by atoms with van der Waals surface area (Å²) >= 11 is 14.9. The molecule has 6 atom stereocenters. The number of thiophene rings is 1. The lowest BCUT2D eigenvalue weighted by Gasteiger charge is -2.49. The minimum atomic E-state index is -1.51. The number of ether oxygens (including phenoxy) is 1. The van der Waals surface area contributed by atoms with E-state index in [9.17, 15) is 34.9 Å². The Labute approximate surface area is 389 Å². The normalized spacial score (nSPS) is 24.0. The molecule has 2 aromatic heterocycles. The number of rotatable bonds is 8. The summed E-state index contributed by atoms with van der Waals surface area (Å²) in [6.45, 7) is 3.66. The van der Waals surface area contributed by atoms with Crippen LogP contribution in [0.15, 0.2) is 63.1 Å². The number of nitro groups is 2. The van der Waals surface area contributed by atoms with Crippen LogP contribution in [-0.2, 0) is 26.2 Å². The van der Waals surface area contributed by atoms with Crippen LogP contribution in [0.1, 0.15) is 36.8 Å². The number of halogens is 3. The van der Waals surface area contributed by atoms with Gasteiger partial charge in [-0.05, 0) is 105 Å². The zero-order valence-electron chi connectivity index (χ0n) is 34.7. The Bertz CT molecular complexity index is 2990. The second-order valence-electron chi connectivity index (χ2n) is 16.8. The Morgan fingerprint density at radius 1 is 0.969 bits per heavy atom. The highest BCUT2D eigenvalue weighted by Crippen LogP contribution is 2.65. The summed E-state index contributed by atoms with van der Waals surface area (Å²) in [5, 5.41) is 41.9. The van der Waals surface area contributed by atoms with Crippen molar-refractivity contribution in [1.29, 1.82) is 0 Å². The minimum absolute atomic E-state index is 0.0134. The van der Waals surface area contributed by atoms with E-state index in [4.69, 9.17) is 21.4 Å². The summed E-state index contributed by atoms with van der Waals surface area (Å²) in [6.07, 6.45) is 1.79. The van der Waals surface area contributed by atoms with Crippen molar-refractivity contribution in [3.05, 3.63) is 99.4 Å². The van der Waals surface area contributed by atoms with E-state index in [0.29, 0.717) is 26.3 Å². The van der Waals surface area contributed by atoms with Crippen LogP contribution in [0.25, 0.3) is 20.7 Å². The van der Waals surface area contributed by atoms with Gasteiger partial charge in [0, 0.05) is 59.5 Å². The molecule has 6 unspecified atom stereocenters. The van der Waals surface area contributed by atoms with Gasteiger partial charge in [-0.3, -0.25) is 44.1 Å². The molecular formula is C43H36Br2ClN7O10S. The maximum atomic E-state index is 15.4. The molecule has 0 radical (unpaired) electrons. The predicted molar refractivity (Wildman–Crippen MR) is 245 cm³/mol. The van der Waals surface area contributed by atoms with Crippen LogP contribution in [-0.4, -0.2) is 69.6 Å². The van der Waals surface area contributed by atoms with Crippen LogP contribution in [0.2, 0.25) is 5.02 Å². The van der Waals surface area contributed by atoms with E-state index in [0.717, 1.165) is 42.5 Å². The SMILES string of the molecule is COc1cc(C2C3=CCC4C(=O)N(c5cc([N+](=O)[O-])c(N(C)C)c([N+](=O)[O-])c5)C(=O)C4C3CC3C(=O)N(c4cc(-c5sc6ccc(Cl)cc6c5C)nn4C)C(=O)C32C)c(Br)c(Br)c1O. The fourth-order valence-electron chi connectivity index (χ4n) is 10.5. The highest BCUT2D eigenvalue weighted by atomic mass is 79.9. The van der Waals surface area contributed by atoms with Crippen LogP contribution in [0.4, 0.5) is 28.6 Å². The Morgan fingerprint density at radius 3 is 2.27 bits per heavy atom. The number of nitro benzene ring substituents is 2. The van der Waals surface area contributed by atoms with Crippen molar-refractivity contribution >= 4 is 117 Å². The molecule has 17 nitrogen and oxygen atoms in total. The fraction of sp³-hybridized carbons (Fsp3) is 0.326. The summed E-state index contributed by atoms with van der Waals surface area (Å²) in [4.78, 5) is 86.7. The molecule has 1 saturated carbocycles. The zero-order valence-corrected chi connectivity index (χ0v) is 39.5. The number of hydrogen-bond donors (Lipinski definition) is 1. The van der Waals surface area contributed by atoms with Gasteiger partial charge in [0.15, 0.2) is 17.2 Å². The molecule has 2 aliphatic carbocycles. The van der Waals surface area contributed by atoms with Crippen molar-refractivity contribution in [1.82, 2.24) is 9.78 Å². The van der Waals surface area contributed by atoms with E-state index >= 15 is 9.59 Å². The number of hydrogen-bond acceptors (Lipinski definition) is 13. The lowest BCUT2D eigenvalue weighted by atomic mass is 9.51. The fourth-order valence-corrected chi connectivity index (χ4v) is 12.8. The van der Waals surface area contributed by atoms with Crippen LogP contribution in [0.5, 0.6) is 11.5 Å². The molecule has 0 spiro atoms. The molecule has 0 bridgehead atoms. The highest BCUT2D eigenvalue weighted by Gasteiger charge is 2.68. The maximum Gasteiger partial charge on any atom is 0.301 e. The average Bonchev–Trinajstić information content (AvgIpc) is 3.92. The first-order valence-electron chi connectivity index (χ1n) is 19.8. The molecule has 21 heteroatoms. The quantitative estimate of drug-likeness (QED) is 0.0669. The van der Waals surface area contributed by atoms with Gasteiger partial charge in [-0.15, -0.1) is 11.3 Å². The van der Waals surface area contributed by atoms with Gasteiger partial charge < -0.3 is 14.7 Å². The number of phenols is 1. The van der Waals surface area contributed by atoms with Gasteiger partial charge in [0.1, 0.15) is 11.5 Å². The van der Waals surface area contributed by atoms with Crippen LogP contribution >= 0.6 is 54.8 Å². The molecule has 1 N–H and O–H groups in total. The molecule has 4 amide bonds. The van der Waals surface area contributed by atoms with Crippen molar-refractivity contribution in [2.24, 2.45) is 36.1 Å². The largest absolute Gasteiger partial charge is 0.503 e. The van der Waals surface area contributed by atoms with E-state index in [1.165, 1.54) is 42.1 Å². The number of carbonyl (C=O) groups is 4. The van der Waals surface area contributed by atoms with Gasteiger partial charge in [-0.2, -0.15) is 5.10 Å². The van der Waals surface area contributed by atoms with Gasteiger partial charge >= 0.3 is 11.4 Å². The molecule has 4 heterocycles. The maximum absolute atomic E-state index is 15.4. The van der Waals surface area contributed by atoms with E-state index < -0.39 is 79.9 Å². The molecule has 4 aliphatic rings. The number of allylic oxidation sites excluding steroid dienone is 2. The van der Waals surface area contributed by atoms with Gasteiger partial charge in [-0.25, -0.2) is 9.80 Å². The summed E-state index contributed by atoms with van der Waals surface area (Å²) in [5.74, 6) is -7.43. The summed E-state index contributed by atoms with van der Waals surface area (Å²) in [6, 6.07) is 10.8. The number of nitrogens with zero attached hydrogens (tertiary/aromatic N) is 7. The lowest BCUT2D eigenvalue weighted by Crippen LogP contribution is -2.49. The van der Waals surface area contributed by atoms with Gasteiger partial charge in [0.25, 0.3) is 0 Å². The Morgan fingerprint density at radius 2 is 1.64 bits per heavy atom. The van der Waals surface area contributed by atoms with Crippen LogP contribution in [0.3, 0.4) is 0 Å². The number of aryl methyl sites for hydroxylation is 2. The third kappa shape index (κ3) is 6.08. The number of benzene rings is 3. The molecule has 9 rings (SSSR count). The third-order valence-corrected chi connectivity index (χ3v) is 17.0. The van der Waals surface area contributed by atoms with Gasteiger partial charge in [0.05, 0.1) is 55.2 Å². The van der Waals surface area contributed by atoms with Crippen LogP contribution < -0.4 is 19.4 Å². The summed E-state index contributed by atoms with van der Waals surface area (Å²) in [5.41, 5.74) is -0.989. The number of imide groups is 2. The molecule has 3 fully saturated rings. The van der Waals surface area contributed by atoms with Crippen molar-refractivity contribution in [3.63, 3.8) is 0 Å². The Hall–Kier alpha value is -5.70. The summed E-state index contributed by atoms with van der Waals surface area (Å²) < 4.78 is 8.60. The zero-order chi connectivity index (χ0) is 46.2. The molecule has 2 saturated heterocycles. The number of aromatic hydroxyl groups is 1. The highest BCUT2D eigenvalue weighted by molar-refractivity contribution is 9.13. The van der Waals surface area contributed by atoms with Crippen molar-refractivity contribution < 1.29 is 38.9 Å². The number of fused-ring (bicyclic) bond motifs is 5. The standard InChI is InChI=1S/C43H36Br2ClN7O10S/c1-17-22-11-18(46)7-10-30(22)64-38(17)26-16-31(49(5)47-26)51-40(56)25-14-23-20(33(43(25,2)42(51)58)24-15-29(63-6)37(54)35(45)34(24)44)8-9-21-32(23)41(57)50(39(21)55)19-12-27(52(59)60)36(48(3)4)28(13-19)53(61)62/h7-8,10-13,15-16,21,23,25,32-33,54H,9,14H2,1-6H3. The molecule has 330 valence electrons. The first-order valence-corrected chi connectivity index (χ1v) is 22.6. The van der Waals surface area contributed by atoms with E-state index in [1.54, 1.807) is 32.2 Å². The number of carbonyl (C=O) groups excluding carboxylic acids is 4. The number of methoxy groups -OCH3 is 1. The number of anilines is 3. The van der Waals surface area contributed by atoms with Gasteiger partial charge in [0.2, 0.25) is 23.6 Å². The van der Waals surface area contributed by atoms with E-state index in [1.807, 2.05) is 25.1 Å². The topological polar surface area (TPSA) is 212 Å². The predicted octanol–water partition coefficient (Wildman–Crippen LogP) is 8.82. The van der Waals surface area contributed by atoms with E-state index in [-0.39, 0.29) is 46.0 Å². The van der Waals surface area contributed by atoms with Crippen LogP contribution in [0, 0.1) is 56.2 Å². The van der Waals surface area contributed by atoms with E-state index in [2.05, 4.69) is 31.9 Å². The minimum Gasteiger partial charge on any atom is -0.503 e. The van der Waals surface area contributed by atoms with Gasteiger partial charge in [-0.1, -0.05) is 23.3 Å². The molecule has 3 aromatic carbocycles. The Kier molecular flexibility index (Phi) is 10.3. The first-order chi connectivity index (χ1) is 30.2. The monoisotopic (exact) mass is 1040 g/mol. The van der Waals surface area contributed by atoms with Crippen molar-refractivity contribution in [2.45, 2.75) is 32.6 Å². The smallest absolute Gasteiger partial charge is 0.301 e. The summed E-state index contributed by atoms with van der Waals surface area (Å²) in [7, 11) is 5.82. The second-order valence-corrected chi connectivity index (χ2v) is 19.8. The van der Waals surface area contributed by atoms with Crippen molar-refractivity contribution in [2.75, 3.05) is 35.9 Å². The number of amides is 4. The molecule has 5 aromatic rings. The number of phenolic OH excluding ortho intramolecular Hbond substituents is 1. The molecular weight excluding hydrogens is 1000 g/mol. The average molecular weight is 1040 g/mol.